The number of ether oxygens (including phenoxy) is 1. The van der Waals surface area contributed by atoms with Crippen molar-refractivity contribution in [3.63, 3.8) is 0 Å². The predicted octanol–water partition coefficient (Wildman–Crippen LogP) is 2.54. The maximum Gasteiger partial charge on any atom is 0.119 e. The van der Waals surface area contributed by atoms with Gasteiger partial charge in [0.25, 0.3) is 0 Å². The van der Waals surface area contributed by atoms with Crippen LogP contribution in [0.2, 0.25) is 0 Å². The summed E-state index contributed by atoms with van der Waals surface area (Å²) in [6, 6.07) is 19.3. The molecule has 0 radical (unpaired) electrons. The van der Waals surface area contributed by atoms with Gasteiger partial charge in [0.1, 0.15) is 18.5 Å². The first kappa shape index (κ1) is 12.5. The third-order valence-electron chi connectivity index (χ3n) is 2.50. The first-order valence-corrected chi connectivity index (χ1v) is 5.99. The summed E-state index contributed by atoms with van der Waals surface area (Å²) in [5.74, 6) is 0.774. The van der Waals surface area contributed by atoms with Crippen molar-refractivity contribution in [1.82, 2.24) is 0 Å². The number of aliphatic hydroxyl groups excluding tert-OH is 1. The Morgan fingerprint density at radius 3 is 2.22 bits per heavy atom. The molecule has 2 aromatic rings. The second-order valence-electron chi connectivity index (χ2n) is 4.02. The van der Waals surface area contributed by atoms with E-state index in [4.69, 9.17) is 4.74 Å². The third kappa shape index (κ3) is 4.11. The van der Waals surface area contributed by atoms with Crippen LogP contribution in [0.3, 0.4) is 0 Å². The molecule has 0 amide bonds. The Labute approximate surface area is 107 Å². The fraction of sp³-hybridized carbons (Fsp3) is 0.200. The molecule has 0 aromatic heterocycles. The van der Waals surface area contributed by atoms with E-state index in [1.807, 2.05) is 60.7 Å². The predicted molar refractivity (Wildman–Crippen MR) is 72.9 cm³/mol. The van der Waals surface area contributed by atoms with Gasteiger partial charge in [-0.25, -0.2) is 0 Å². The Morgan fingerprint density at radius 2 is 1.56 bits per heavy atom. The van der Waals surface area contributed by atoms with E-state index in [2.05, 4.69) is 5.32 Å². The molecule has 3 heteroatoms. The zero-order valence-corrected chi connectivity index (χ0v) is 10.1. The normalized spacial score (nSPS) is 11.8. The number of aliphatic hydroxyl groups is 1. The third-order valence-corrected chi connectivity index (χ3v) is 2.50. The van der Waals surface area contributed by atoms with Crippen molar-refractivity contribution in [1.29, 1.82) is 0 Å². The van der Waals surface area contributed by atoms with E-state index >= 15 is 0 Å². The molecular formula is C15H17NO2. The number of hydrogen-bond acceptors (Lipinski definition) is 3. The molecule has 2 N–H and O–H groups in total. The molecule has 0 fully saturated rings. The number of anilines is 1. The molecule has 0 bridgehead atoms. The lowest BCUT2D eigenvalue weighted by molar-refractivity contribution is 0.117. The minimum absolute atomic E-state index is 0.282. The van der Waals surface area contributed by atoms with E-state index < -0.39 is 6.10 Å². The molecule has 1 atom stereocenters. The first-order valence-electron chi connectivity index (χ1n) is 5.99. The number of rotatable bonds is 6. The molecular weight excluding hydrogens is 226 g/mol. The van der Waals surface area contributed by atoms with Crippen LogP contribution in [-0.2, 0) is 0 Å². The summed E-state index contributed by atoms with van der Waals surface area (Å²) in [6.07, 6.45) is -0.537. The van der Waals surface area contributed by atoms with Gasteiger partial charge in [0, 0.05) is 12.2 Å². The largest absolute Gasteiger partial charge is 0.491 e. The van der Waals surface area contributed by atoms with Crippen LogP contribution in [-0.4, -0.2) is 24.4 Å². The molecule has 2 aromatic carbocycles. The summed E-state index contributed by atoms with van der Waals surface area (Å²) in [6.45, 7) is 0.751. The average Bonchev–Trinajstić information content (AvgIpc) is 2.45. The number of para-hydroxylation sites is 2. The van der Waals surface area contributed by atoms with E-state index in [0.29, 0.717) is 6.54 Å². The van der Waals surface area contributed by atoms with Crippen LogP contribution in [0.1, 0.15) is 0 Å². The molecule has 0 saturated heterocycles. The first-order chi connectivity index (χ1) is 8.84. The van der Waals surface area contributed by atoms with E-state index in [-0.39, 0.29) is 6.61 Å². The zero-order valence-electron chi connectivity index (χ0n) is 10.1. The van der Waals surface area contributed by atoms with Gasteiger partial charge >= 0.3 is 0 Å². The van der Waals surface area contributed by atoms with Crippen molar-refractivity contribution in [3.05, 3.63) is 60.7 Å². The van der Waals surface area contributed by atoms with Crippen LogP contribution >= 0.6 is 0 Å². The highest BCUT2D eigenvalue weighted by Gasteiger charge is 2.04. The van der Waals surface area contributed by atoms with Crippen molar-refractivity contribution in [2.24, 2.45) is 0 Å². The van der Waals surface area contributed by atoms with Crippen molar-refractivity contribution in [2.75, 3.05) is 18.5 Å². The Kier molecular flexibility index (Phi) is 4.61. The van der Waals surface area contributed by atoms with Crippen LogP contribution in [0.15, 0.2) is 60.7 Å². The molecule has 3 nitrogen and oxygen atoms in total. The smallest absolute Gasteiger partial charge is 0.119 e. The average molecular weight is 243 g/mol. The highest BCUT2D eigenvalue weighted by atomic mass is 16.5. The van der Waals surface area contributed by atoms with E-state index in [9.17, 15) is 5.11 Å². The van der Waals surface area contributed by atoms with E-state index in [1.165, 1.54) is 0 Å². The molecule has 94 valence electrons. The van der Waals surface area contributed by atoms with Crippen LogP contribution in [0, 0.1) is 0 Å². The van der Waals surface area contributed by atoms with Gasteiger partial charge in [-0.3, -0.25) is 0 Å². The minimum Gasteiger partial charge on any atom is -0.491 e. The van der Waals surface area contributed by atoms with Gasteiger partial charge in [-0.15, -0.1) is 0 Å². The highest BCUT2D eigenvalue weighted by Crippen LogP contribution is 2.09. The topological polar surface area (TPSA) is 41.5 Å². The fourth-order valence-electron chi connectivity index (χ4n) is 1.56. The van der Waals surface area contributed by atoms with Crippen LogP contribution in [0.25, 0.3) is 0 Å². The molecule has 0 heterocycles. The summed E-state index contributed by atoms with van der Waals surface area (Å²) < 4.78 is 5.47. The van der Waals surface area contributed by atoms with Crippen molar-refractivity contribution in [2.45, 2.75) is 6.10 Å². The quantitative estimate of drug-likeness (QED) is 0.819. The SMILES string of the molecule is O[C@@H](CNc1ccccc1)COc1ccccc1. The van der Waals surface area contributed by atoms with E-state index in [1.54, 1.807) is 0 Å². The van der Waals surface area contributed by atoms with Crippen LogP contribution in [0.5, 0.6) is 5.75 Å². The van der Waals surface area contributed by atoms with Crippen LogP contribution < -0.4 is 10.1 Å². The van der Waals surface area contributed by atoms with Gasteiger partial charge in [-0.05, 0) is 24.3 Å². The van der Waals surface area contributed by atoms with E-state index in [0.717, 1.165) is 11.4 Å². The monoisotopic (exact) mass is 243 g/mol. The molecule has 0 aliphatic carbocycles. The lowest BCUT2D eigenvalue weighted by Gasteiger charge is -2.13. The molecule has 0 unspecified atom stereocenters. The fourth-order valence-corrected chi connectivity index (χ4v) is 1.56. The summed E-state index contributed by atoms with van der Waals surface area (Å²) in [4.78, 5) is 0. The Morgan fingerprint density at radius 1 is 0.944 bits per heavy atom. The van der Waals surface area contributed by atoms with Crippen molar-refractivity contribution < 1.29 is 9.84 Å². The molecule has 0 spiro atoms. The van der Waals surface area contributed by atoms with Gasteiger partial charge in [0.05, 0.1) is 0 Å². The maximum atomic E-state index is 9.78. The summed E-state index contributed by atoms with van der Waals surface area (Å²) in [5.41, 5.74) is 0.997. The molecule has 0 aliphatic heterocycles. The lowest BCUT2D eigenvalue weighted by atomic mass is 10.3. The Balaban J connectivity index is 1.71. The Hall–Kier alpha value is -2.00. The van der Waals surface area contributed by atoms with Gasteiger partial charge in [-0.1, -0.05) is 36.4 Å². The maximum absolute atomic E-state index is 9.78. The minimum atomic E-state index is -0.537. The standard InChI is InChI=1S/C15H17NO2/c17-14(11-16-13-7-3-1-4-8-13)12-18-15-9-5-2-6-10-15/h1-10,14,16-17H,11-12H2/t14-/m0/s1. The Bertz CT molecular complexity index is 401. The number of benzene rings is 2. The number of hydrogen-bond donors (Lipinski definition) is 2. The molecule has 0 aliphatic rings. The van der Waals surface area contributed by atoms with Gasteiger partial charge in [-0.2, -0.15) is 0 Å². The van der Waals surface area contributed by atoms with Crippen molar-refractivity contribution >= 4 is 5.69 Å². The van der Waals surface area contributed by atoms with Crippen LogP contribution in [0.4, 0.5) is 5.69 Å². The second kappa shape index (κ2) is 6.67. The van der Waals surface area contributed by atoms with Gasteiger partial charge < -0.3 is 15.2 Å². The van der Waals surface area contributed by atoms with Gasteiger partial charge in [0.2, 0.25) is 0 Å². The zero-order chi connectivity index (χ0) is 12.6. The summed E-state index contributed by atoms with van der Waals surface area (Å²) in [5, 5.41) is 12.9. The molecule has 18 heavy (non-hydrogen) atoms. The molecule has 2 rings (SSSR count). The summed E-state index contributed by atoms with van der Waals surface area (Å²) >= 11 is 0. The van der Waals surface area contributed by atoms with Gasteiger partial charge in [0.15, 0.2) is 0 Å². The second-order valence-corrected chi connectivity index (χ2v) is 4.02. The summed E-state index contributed by atoms with van der Waals surface area (Å²) in [7, 11) is 0. The number of nitrogens with one attached hydrogen (secondary N) is 1. The lowest BCUT2D eigenvalue weighted by Crippen LogP contribution is -2.26. The molecule has 0 saturated carbocycles. The van der Waals surface area contributed by atoms with Crippen molar-refractivity contribution in [3.8, 4) is 5.75 Å². The highest BCUT2D eigenvalue weighted by molar-refractivity contribution is 5.42.